The molecular weight excluding hydrogens is 372 g/mol. The lowest BCUT2D eigenvalue weighted by Gasteiger charge is -2.46. The molecule has 3 heteroatoms. The van der Waals surface area contributed by atoms with Crippen molar-refractivity contribution in [1.29, 1.82) is 0 Å². The van der Waals surface area contributed by atoms with Crippen LogP contribution in [0.5, 0.6) is 0 Å². The summed E-state index contributed by atoms with van der Waals surface area (Å²) in [7, 11) is 0. The number of fused-ring (bicyclic) bond motifs is 1. The maximum Gasteiger partial charge on any atom is 0.0591 e. The molecule has 3 fully saturated rings. The highest BCUT2D eigenvalue weighted by molar-refractivity contribution is 5.36. The Hall–Kier alpha value is -0.900. The number of aliphatic hydroxyl groups excluding tert-OH is 2. The highest BCUT2D eigenvalue weighted by Gasteiger charge is 2.52. The Balaban J connectivity index is 1.73. The average molecular weight is 417 g/mol. The smallest absolute Gasteiger partial charge is 0.0591 e. The Morgan fingerprint density at radius 1 is 1.13 bits per heavy atom. The summed E-state index contributed by atoms with van der Waals surface area (Å²) >= 11 is 0. The van der Waals surface area contributed by atoms with Crippen molar-refractivity contribution in [3.63, 3.8) is 0 Å². The summed E-state index contributed by atoms with van der Waals surface area (Å²) in [6.45, 7) is 12.8. The van der Waals surface area contributed by atoms with Gasteiger partial charge in [0.25, 0.3) is 0 Å². The zero-order valence-corrected chi connectivity index (χ0v) is 19.7. The third kappa shape index (κ3) is 5.47. The van der Waals surface area contributed by atoms with Gasteiger partial charge in [-0.3, -0.25) is 0 Å². The second-order valence-corrected chi connectivity index (χ2v) is 11.4. The van der Waals surface area contributed by atoms with Crippen LogP contribution < -0.4 is 0 Å². The zero-order chi connectivity index (χ0) is 22.1. The van der Waals surface area contributed by atoms with Gasteiger partial charge in [0.2, 0.25) is 0 Å². The van der Waals surface area contributed by atoms with Crippen LogP contribution >= 0.6 is 0 Å². The van der Waals surface area contributed by atoms with Crippen molar-refractivity contribution in [3.8, 4) is 0 Å². The van der Waals surface area contributed by atoms with Gasteiger partial charge in [-0.1, -0.05) is 56.6 Å². The fraction of sp³-hybridized carbons (Fsp3) is 0.778. The van der Waals surface area contributed by atoms with Crippen LogP contribution in [0.25, 0.3) is 0 Å². The number of allylic oxidation sites excluding steroid dienone is 3. The average Bonchev–Trinajstić information content (AvgIpc) is 2.97. The van der Waals surface area contributed by atoms with Crippen molar-refractivity contribution in [2.45, 2.75) is 110 Å². The summed E-state index contributed by atoms with van der Waals surface area (Å²) in [4.78, 5) is 0. The van der Waals surface area contributed by atoms with E-state index in [-0.39, 0.29) is 17.6 Å². The van der Waals surface area contributed by atoms with E-state index < -0.39 is 5.60 Å². The lowest BCUT2D eigenvalue weighted by atomic mass is 9.60. The van der Waals surface area contributed by atoms with Crippen LogP contribution in [0.15, 0.2) is 35.5 Å². The molecule has 0 aliphatic heterocycles. The molecule has 0 bridgehead atoms. The first kappa shape index (κ1) is 23.8. The molecule has 3 rings (SSSR count). The van der Waals surface area contributed by atoms with E-state index in [0.29, 0.717) is 24.2 Å². The molecular formula is C27H44O3. The molecule has 0 aromatic carbocycles. The number of rotatable bonds is 6. The maximum atomic E-state index is 10.8. The van der Waals surface area contributed by atoms with Crippen molar-refractivity contribution in [1.82, 2.24) is 0 Å². The Morgan fingerprint density at radius 2 is 1.87 bits per heavy atom. The Labute approximate surface area is 184 Å². The van der Waals surface area contributed by atoms with E-state index in [4.69, 9.17) is 0 Å². The van der Waals surface area contributed by atoms with Gasteiger partial charge in [-0.2, -0.15) is 0 Å². The highest BCUT2D eigenvalue weighted by atomic mass is 16.3. The molecule has 170 valence electrons. The summed E-state index contributed by atoms with van der Waals surface area (Å²) in [5, 5.41) is 30.8. The van der Waals surface area contributed by atoms with Crippen molar-refractivity contribution in [2.75, 3.05) is 0 Å². The zero-order valence-electron chi connectivity index (χ0n) is 19.7. The van der Waals surface area contributed by atoms with Gasteiger partial charge in [0.15, 0.2) is 0 Å². The summed E-state index contributed by atoms with van der Waals surface area (Å²) in [5.41, 5.74) is 3.30. The molecule has 6 atom stereocenters. The van der Waals surface area contributed by atoms with Gasteiger partial charge in [0.05, 0.1) is 17.8 Å². The minimum atomic E-state index is -0.580. The monoisotopic (exact) mass is 416 g/mol. The normalized spacial score (nSPS) is 38.8. The van der Waals surface area contributed by atoms with Crippen LogP contribution in [0, 0.1) is 23.2 Å². The molecule has 0 saturated heterocycles. The minimum absolute atomic E-state index is 0.152. The molecule has 2 unspecified atom stereocenters. The number of hydrogen-bond donors (Lipinski definition) is 3. The van der Waals surface area contributed by atoms with E-state index in [1.807, 2.05) is 13.8 Å². The van der Waals surface area contributed by atoms with Crippen molar-refractivity contribution in [2.24, 2.45) is 23.2 Å². The van der Waals surface area contributed by atoms with Crippen LogP contribution in [0.3, 0.4) is 0 Å². The molecule has 0 spiro atoms. The summed E-state index contributed by atoms with van der Waals surface area (Å²) in [6.07, 6.45) is 13.5. The van der Waals surface area contributed by atoms with Gasteiger partial charge in [0, 0.05) is 0 Å². The first-order valence-electron chi connectivity index (χ1n) is 12.2. The highest BCUT2D eigenvalue weighted by Crippen LogP contribution is 2.60. The van der Waals surface area contributed by atoms with Gasteiger partial charge < -0.3 is 15.3 Å². The van der Waals surface area contributed by atoms with Crippen molar-refractivity contribution in [3.05, 3.63) is 35.5 Å². The minimum Gasteiger partial charge on any atom is -0.393 e. The number of hydrogen-bond acceptors (Lipinski definition) is 3. The molecule has 30 heavy (non-hydrogen) atoms. The predicted molar refractivity (Wildman–Crippen MR) is 124 cm³/mol. The van der Waals surface area contributed by atoms with Crippen LogP contribution in [-0.4, -0.2) is 33.1 Å². The van der Waals surface area contributed by atoms with E-state index in [9.17, 15) is 15.3 Å². The maximum absolute atomic E-state index is 10.8. The van der Waals surface area contributed by atoms with Gasteiger partial charge in [-0.25, -0.2) is 0 Å². The van der Waals surface area contributed by atoms with Crippen molar-refractivity contribution >= 4 is 0 Å². The fourth-order valence-corrected chi connectivity index (χ4v) is 6.73. The molecule has 0 radical (unpaired) electrons. The lowest BCUT2D eigenvalue weighted by molar-refractivity contribution is 0.0147. The standard InChI is InChI=1S/C27H44O3/c1-18-8-11-22(28)15-20(18)9-10-21-16-23(29)17-27(5)24(12-13-25(21)27)19(2)7-6-14-26(3,4)30/h9-10,19,22-25,28-30H,1,6-8,11-17H2,2-5H3/t19-,22+,23?,24-,25?,27-/m1/s1. The molecule has 0 amide bonds. The largest absolute Gasteiger partial charge is 0.393 e. The van der Waals surface area contributed by atoms with Crippen LogP contribution in [-0.2, 0) is 0 Å². The molecule has 3 nitrogen and oxygen atoms in total. The summed E-state index contributed by atoms with van der Waals surface area (Å²) in [6, 6.07) is 0. The Bertz CT molecular complexity index is 683. The van der Waals surface area contributed by atoms with Crippen LogP contribution in [0.4, 0.5) is 0 Å². The van der Waals surface area contributed by atoms with Crippen LogP contribution in [0.2, 0.25) is 0 Å². The number of aliphatic hydroxyl groups is 3. The van der Waals surface area contributed by atoms with Gasteiger partial charge in [0.1, 0.15) is 0 Å². The van der Waals surface area contributed by atoms with E-state index in [1.165, 1.54) is 24.0 Å². The quantitative estimate of drug-likeness (QED) is 0.520. The van der Waals surface area contributed by atoms with E-state index >= 15 is 0 Å². The van der Waals surface area contributed by atoms with Gasteiger partial charge in [-0.05, 0) is 94.0 Å². The molecule has 3 N–H and O–H groups in total. The first-order valence-corrected chi connectivity index (χ1v) is 12.2. The Morgan fingerprint density at radius 3 is 2.57 bits per heavy atom. The van der Waals surface area contributed by atoms with E-state index in [0.717, 1.165) is 50.5 Å². The predicted octanol–water partition coefficient (Wildman–Crippen LogP) is 5.70. The summed E-state index contributed by atoms with van der Waals surface area (Å²) in [5.74, 6) is 1.78. The van der Waals surface area contributed by atoms with E-state index in [2.05, 4.69) is 32.6 Å². The van der Waals surface area contributed by atoms with Gasteiger partial charge in [-0.15, -0.1) is 0 Å². The molecule has 3 aliphatic carbocycles. The Kier molecular flexibility index (Phi) is 7.37. The third-order valence-electron chi connectivity index (χ3n) is 8.33. The van der Waals surface area contributed by atoms with E-state index in [1.54, 1.807) is 0 Å². The topological polar surface area (TPSA) is 60.7 Å². The second-order valence-electron chi connectivity index (χ2n) is 11.4. The third-order valence-corrected chi connectivity index (χ3v) is 8.33. The van der Waals surface area contributed by atoms with Gasteiger partial charge >= 0.3 is 0 Å². The molecule has 0 aromatic rings. The fourth-order valence-electron chi connectivity index (χ4n) is 6.73. The lowest BCUT2D eigenvalue weighted by Crippen LogP contribution is -2.41. The van der Waals surface area contributed by atoms with Crippen LogP contribution in [0.1, 0.15) is 91.9 Å². The molecule has 0 aromatic heterocycles. The molecule has 3 aliphatic rings. The second kappa shape index (κ2) is 9.30. The SMILES string of the molecule is C=C1CC[C@H](O)CC1=CC=C1CC(O)C[C@@]2(C)C1CC[C@@H]2[C@H](C)CCCC(C)(C)O. The molecule has 3 saturated carbocycles. The summed E-state index contributed by atoms with van der Waals surface area (Å²) < 4.78 is 0. The first-order chi connectivity index (χ1) is 14.0. The van der Waals surface area contributed by atoms with Crippen molar-refractivity contribution < 1.29 is 15.3 Å². The molecule has 0 heterocycles.